The molecule has 4 rings (SSSR count). The van der Waals surface area contributed by atoms with Crippen LogP contribution in [0, 0.1) is 20.8 Å². The number of hydrogen-bond acceptors (Lipinski definition) is 4. The Kier molecular flexibility index (Phi) is 3.96. The molecular formula is C21H19NO4S. The van der Waals surface area contributed by atoms with E-state index in [1.54, 1.807) is 24.3 Å². The zero-order chi connectivity index (χ0) is 19.3. The van der Waals surface area contributed by atoms with Gasteiger partial charge in [0.1, 0.15) is 12.3 Å². The largest absolute Gasteiger partial charge is 0.425 e. The quantitative estimate of drug-likeness (QED) is 0.510. The SMILES string of the molecule is Cc1cc(C)c(OC(=O)CN2c3cccc4cccc(c34)S2(=O)=O)c(C)c1. The van der Waals surface area contributed by atoms with Gasteiger partial charge >= 0.3 is 5.97 Å². The van der Waals surface area contributed by atoms with Crippen molar-refractivity contribution in [2.24, 2.45) is 0 Å². The summed E-state index contributed by atoms with van der Waals surface area (Å²) in [5.41, 5.74) is 3.28. The Morgan fingerprint density at radius 1 is 1.00 bits per heavy atom. The number of carbonyl (C=O) groups is 1. The molecular weight excluding hydrogens is 362 g/mol. The summed E-state index contributed by atoms with van der Waals surface area (Å²) in [6, 6.07) is 14.4. The minimum atomic E-state index is -3.78. The predicted molar refractivity (Wildman–Crippen MR) is 105 cm³/mol. The molecule has 3 aromatic carbocycles. The number of nitrogens with zero attached hydrogens (tertiary/aromatic N) is 1. The van der Waals surface area contributed by atoms with Crippen LogP contribution in [0.2, 0.25) is 0 Å². The van der Waals surface area contributed by atoms with E-state index in [2.05, 4.69) is 0 Å². The summed E-state index contributed by atoms with van der Waals surface area (Å²) < 4.78 is 32.6. The lowest BCUT2D eigenvalue weighted by molar-refractivity contribution is -0.132. The van der Waals surface area contributed by atoms with Crippen LogP contribution in [0.3, 0.4) is 0 Å². The van der Waals surface area contributed by atoms with E-state index in [4.69, 9.17) is 4.74 Å². The van der Waals surface area contributed by atoms with Crippen LogP contribution in [0.1, 0.15) is 16.7 Å². The van der Waals surface area contributed by atoms with Gasteiger partial charge in [-0.25, -0.2) is 13.2 Å². The molecule has 3 aromatic rings. The van der Waals surface area contributed by atoms with Crippen LogP contribution >= 0.6 is 0 Å². The third kappa shape index (κ3) is 2.77. The molecule has 1 heterocycles. The Labute approximate surface area is 158 Å². The minimum Gasteiger partial charge on any atom is -0.425 e. The van der Waals surface area contributed by atoms with Crippen LogP contribution in [0.4, 0.5) is 5.69 Å². The van der Waals surface area contributed by atoms with Gasteiger partial charge in [-0.1, -0.05) is 42.0 Å². The first-order chi connectivity index (χ1) is 12.8. The van der Waals surface area contributed by atoms with E-state index < -0.39 is 16.0 Å². The zero-order valence-electron chi connectivity index (χ0n) is 15.3. The molecule has 6 heteroatoms. The lowest BCUT2D eigenvalue weighted by Crippen LogP contribution is -2.35. The van der Waals surface area contributed by atoms with Gasteiger partial charge in [0.2, 0.25) is 0 Å². The molecule has 0 N–H and O–H groups in total. The van der Waals surface area contributed by atoms with Crippen molar-refractivity contribution in [3.8, 4) is 5.75 Å². The van der Waals surface area contributed by atoms with Gasteiger partial charge in [0.25, 0.3) is 10.0 Å². The van der Waals surface area contributed by atoms with E-state index >= 15 is 0 Å². The first-order valence-corrected chi connectivity index (χ1v) is 10.1. The molecule has 0 aliphatic carbocycles. The smallest absolute Gasteiger partial charge is 0.332 e. The van der Waals surface area contributed by atoms with E-state index in [-0.39, 0.29) is 11.4 Å². The Hall–Kier alpha value is -2.86. The Morgan fingerprint density at radius 3 is 2.30 bits per heavy atom. The average molecular weight is 381 g/mol. The zero-order valence-corrected chi connectivity index (χ0v) is 16.1. The van der Waals surface area contributed by atoms with Gasteiger partial charge in [-0.05, 0) is 49.4 Å². The molecule has 138 valence electrons. The van der Waals surface area contributed by atoms with Crippen molar-refractivity contribution >= 4 is 32.5 Å². The van der Waals surface area contributed by atoms with Gasteiger partial charge in [-0.2, -0.15) is 0 Å². The molecule has 27 heavy (non-hydrogen) atoms. The highest BCUT2D eigenvalue weighted by Gasteiger charge is 2.37. The molecule has 0 saturated carbocycles. The third-order valence-corrected chi connectivity index (χ3v) is 6.58. The Bertz CT molecular complexity index is 1170. The molecule has 5 nitrogen and oxygen atoms in total. The van der Waals surface area contributed by atoms with Crippen molar-refractivity contribution < 1.29 is 17.9 Å². The van der Waals surface area contributed by atoms with Gasteiger partial charge in [0, 0.05) is 5.39 Å². The lowest BCUT2D eigenvalue weighted by atomic mass is 10.1. The fourth-order valence-corrected chi connectivity index (χ4v) is 5.37. The maximum absolute atomic E-state index is 12.9. The molecule has 0 aromatic heterocycles. The highest BCUT2D eigenvalue weighted by Crippen LogP contribution is 2.41. The van der Waals surface area contributed by atoms with Crippen molar-refractivity contribution in [3.05, 3.63) is 65.2 Å². The van der Waals surface area contributed by atoms with E-state index in [1.807, 2.05) is 45.0 Å². The van der Waals surface area contributed by atoms with Gasteiger partial charge < -0.3 is 4.74 Å². The van der Waals surface area contributed by atoms with Gasteiger partial charge in [0.15, 0.2) is 0 Å². The molecule has 1 aliphatic heterocycles. The van der Waals surface area contributed by atoms with E-state index in [9.17, 15) is 13.2 Å². The summed E-state index contributed by atoms with van der Waals surface area (Å²) in [4.78, 5) is 12.8. The number of anilines is 1. The van der Waals surface area contributed by atoms with E-state index in [0.717, 1.165) is 26.4 Å². The van der Waals surface area contributed by atoms with Crippen LogP contribution in [-0.2, 0) is 14.8 Å². The minimum absolute atomic E-state index is 0.228. The molecule has 0 amide bonds. The van der Waals surface area contributed by atoms with Crippen LogP contribution < -0.4 is 9.04 Å². The predicted octanol–water partition coefficient (Wildman–Crippen LogP) is 3.88. The maximum atomic E-state index is 12.9. The monoisotopic (exact) mass is 381 g/mol. The highest BCUT2D eigenvalue weighted by molar-refractivity contribution is 7.93. The normalized spacial score (nSPS) is 14.6. The Balaban J connectivity index is 1.68. The number of ether oxygens (including phenoxy) is 1. The van der Waals surface area contributed by atoms with Gasteiger partial charge in [-0.3, -0.25) is 4.31 Å². The topological polar surface area (TPSA) is 63.7 Å². The molecule has 0 atom stereocenters. The maximum Gasteiger partial charge on any atom is 0.332 e. The summed E-state index contributed by atoms with van der Waals surface area (Å²) >= 11 is 0. The first-order valence-electron chi connectivity index (χ1n) is 8.62. The number of sulfonamides is 1. The summed E-state index contributed by atoms with van der Waals surface area (Å²) in [7, 11) is -3.78. The third-order valence-electron chi connectivity index (χ3n) is 4.77. The van der Waals surface area contributed by atoms with Crippen molar-refractivity contribution in [3.63, 3.8) is 0 Å². The molecule has 0 radical (unpaired) electrons. The highest BCUT2D eigenvalue weighted by atomic mass is 32.2. The fraction of sp³-hybridized carbons (Fsp3) is 0.190. The molecule has 0 bridgehead atoms. The Morgan fingerprint density at radius 2 is 1.63 bits per heavy atom. The van der Waals surface area contributed by atoms with Crippen LogP contribution in [0.15, 0.2) is 53.4 Å². The number of carbonyl (C=O) groups excluding carboxylic acids is 1. The summed E-state index contributed by atoms with van der Waals surface area (Å²) in [5.74, 6) is -0.128. The number of benzene rings is 3. The first kappa shape index (κ1) is 17.5. The number of rotatable bonds is 3. The number of hydrogen-bond donors (Lipinski definition) is 0. The van der Waals surface area contributed by atoms with Crippen LogP contribution in [0.5, 0.6) is 5.75 Å². The molecule has 0 fully saturated rings. The second-order valence-electron chi connectivity index (χ2n) is 6.84. The van der Waals surface area contributed by atoms with Crippen molar-refractivity contribution in [1.82, 2.24) is 0 Å². The van der Waals surface area contributed by atoms with Crippen molar-refractivity contribution in [2.45, 2.75) is 25.7 Å². The molecule has 0 unspecified atom stereocenters. The lowest BCUT2D eigenvalue weighted by Gasteiger charge is -2.19. The molecule has 0 spiro atoms. The summed E-state index contributed by atoms with van der Waals surface area (Å²) in [6.45, 7) is 5.33. The second kappa shape index (κ2) is 6.09. The van der Waals surface area contributed by atoms with Crippen molar-refractivity contribution in [1.29, 1.82) is 0 Å². The van der Waals surface area contributed by atoms with Gasteiger partial charge in [0.05, 0.1) is 10.6 Å². The van der Waals surface area contributed by atoms with E-state index in [1.165, 1.54) is 0 Å². The van der Waals surface area contributed by atoms with Gasteiger partial charge in [-0.15, -0.1) is 0 Å². The fourth-order valence-electron chi connectivity index (χ4n) is 3.72. The average Bonchev–Trinajstić information content (AvgIpc) is 2.82. The second-order valence-corrected chi connectivity index (χ2v) is 8.68. The molecule has 0 saturated heterocycles. The standard InChI is InChI=1S/C21H19NO4S/c1-13-10-14(2)21(15(3)11-13)26-19(23)12-22-17-8-4-6-16-7-5-9-18(20(16)17)27(22,24)25/h4-11H,12H2,1-3H3. The summed E-state index contributed by atoms with van der Waals surface area (Å²) in [5, 5.41) is 1.48. The van der Waals surface area contributed by atoms with Crippen LogP contribution in [-0.4, -0.2) is 20.9 Å². The number of esters is 1. The van der Waals surface area contributed by atoms with Crippen molar-refractivity contribution in [2.75, 3.05) is 10.8 Å². The number of aryl methyl sites for hydroxylation is 3. The summed E-state index contributed by atoms with van der Waals surface area (Å²) in [6.07, 6.45) is 0. The van der Waals surface area contributed by atoms with Crippen LogP contribution in [0.25, 0.3) is 10.8 Å². The molecule has 1 aliphatic rings. The van der Waals surface area contributed by atoms with E-state index in [0.29, 0.717) is 16.8 Å².